The minimum atomic E-state index is -0.0244. The van der Waals surface area contributed by atoms with E-state index < -0.39 is 0 Å². The second kappa shape index (κ2) is 7.56. The van der Waals surface area contributed by atoms with Crippen molar-refractivity contribution < 1.29 is 5.11 Å². The van der Waals surface area contributed by atoms with Gasteiger partial charge in [0.25, 0.3) is 0 Å². The van der Waals surface area contributed by atoms with Gasteiger partial charge in [-0.05, 0) is 0 Å². The molecule has 1 aromatic carbocycles. The second-order valence-corrected chi connectivity index (χ2v) is 7.36. The number of thiocarbonyl (C=S) groups is 1. The Balaban J connectivity index is 1.51. The van der Waals surface area contributed by atoms with Gasteiger partial charge in [-0.3, -0.25) is 0 Å². The number of hydrogen-bond acceptors (Lipinski definition) is 4. The summed E-state index contributed by atoms with van der Waals surface area (Å²) in [6, 6.07) is 8.25. The first kappa shape index (κ1) is 17.3. The van der Waals surface area contributed by atoms with E-state index >= 15 is 0 Å². The molecular formula is C18H25BN3OS. The summed E-state index contributed by atoms with van der Waals surface area (Å²) < 4.78 is 0. The van der Waals surface area contributed by atoms with Crippen molar-refractivity contribution in [3.05, 3.63) is 29.8 Å². The Kier molecular flexibility index (Phi) is 5.44. The molecule has 0 amide bonds. The Morgan fingerprint density at radius 1 is 1.00 bits per heavy atom. The molecule has 127 valence electrons. The van der Waals surface area contributed by atoms with Gasteiger partial charge in [-0.15, -0.1) is 0 Å². The van der Waals surface area contributed by atoms with Crippen LogP contribution in [0.2, 0.25) is 0 Å². The molecule has 24 heavy (non-hydrogen) atoms. The van der Waals surface area contributed by atoms with Crippen molar-refractivity contribution in [3.8, 4) is 0 Å². The van der Waals surface area contributed by atoms with Crippen LogP contribution in [0.1, 0.15) is 31.2 Å². The number of hydrogen-bond donors (Lipinski definition) is 2. The van der Waals surface area contributed by atoms with Crippen molar-refractivity contribution in [1.29, 1.82) is 0 Å². The average molecular weight is 342 g/mol. The third kappa shape index (κ3) is 3.91. The summed E-state index contributed by atoms with van der Waals surface area (Å²) in [7, 11) is 5.48. The summed E-state index contributed by atoms with van der Waals surface area (Å²) in [4.78, 5) is 4.79. The van der Waals surface area contributed by atoms with E-state index in [1.165, 1.54) is 18.5 Å². The van der Waals surface area contributed by atoms with Gasteiger partial charge in [0, 0.05) is 5.56 Å². The van der Waals surface area contributed by atoms with Crippen molar-refractivity contribution in [3.63, 3.8) is 0 Å². The molecule has 2 saturated heterocycles. The summed E-state index contributed by atoms with van der Waals surface area (Å²) in [6.07, 6.45) is 4.74. The molecule has 3 rings (SSSR count). The predicted molar refractivity (Wildman–Crippen MR) is 104 cm³/mol. The molecule has 4 nitrogen and oxygen atoms in total. The molecule has 2 aliphatic heterocycles. The Bertz CT molecular complexity index is 591. The first-order valence-corrected chi connectivity index (χ1v) is 9.16. The quantitative estimate of drug-likeness (QED) is 0.646. The number of likely N-dealkylation sites (tertiary alicyclic amines) is 1. The molecule has 2 heterocycles. The molecule has 3 N–H and O–H groups in total. The van der Waals surface area contributed by atoms with E-state index in [0.717, 1.165) is 56.4 Å². The van der Waals surface area contributed by atoms with E-state index in [1.54, 1.807) is 0 Å². The summed E-state index contributed by atoms with van der Waals surface area (Å²) in [5.74, 6) is 1.53. The van der Waals surface area contributed by atoms with E-state index in [4.69, 9.17) is 25.4 Å². The molecule has 0 unspecified atom stereocenters. The predicted octanol–water partition coefficient (Wildman–Crippen LogP) is 1.88. The molecule has 0 spiro atoms. The first-order valence-electron chi connectivity index (χ1n) is 8.75. The summed E-state index contributed by atoms with van der Waals surface area (Å²) >= 11 is 5.01. The molecular weight excluding hydrogens is 317 g/mol. The van der Waals surface area contributed by atoms with Gasteiger partial charge < -0.3 is 5.73 Å². The zero-order valence-electron chi connectivity index (χ0n) is 14.0. The van der Waals surface area contributed by atoms with Gasteiger partial charge in [0.05, 0.1) is 0 Å². The third-order valence-corrected chi connectivity index (χ3v) is 5.82. The van der Waals surface area contributed by atoms with Crippen molar-refractivity contribution in [1.82, 2.24) is 4.90 Å². The van der Waals surface area contributed by atoms with Crippen LogP contribution in [0.25, 0.3) is 0 Å². The Hall–Kier alpha value is -1.56. The number of piperidine rings is 2. The van der Waals surface area contributed by atoms with Crippen molar-refractivity contribution in [2.45, 2.75) is 25.7 Å². The minimum absolute atomic E-state index is 0.0244. The van der Waals surface area contributed by atoms with Gasteiger partial charge in [0.2, 0.25) is 0 Å². The maximum absolute atomic E-state index is 9.39. The topological polar surface area (TPSA) is 52.7 Å². The van der Waals surface area contributed by atoms with E-state index in [-0.39, 0.29) is 5.77 Å². The molecule has 1 radical (unpaired) electrons. The summed E-state index contributed by atoms with van der Waals surface area (Å²) in [5.41, 5.74) is 7.84. The molecule has 0 bridgehead atoms. The van der Waals surface area contributed by atoms with E-state index in [9.17, 15) is 5.11 Å². The van der Waals surface area contributed by atoms with Crippen molar-refractivity contribution >= 4 is 36.2 Å². The van der Waals surface area contributed by atoms with Gasteiger partial charge in [0.15, 0.2) is 0 Å². The first-order chi connectivity index (χ1) is 11.5. The molecule has 0 aromatic heterocycles. The third-order valence-electron chi connectivity index (χ3n) is 5.59. The fourth-order valence-corrected chi connectivity index (χ4v) is 4.20. The van der Waals surface area contributed by atoms with E-state index in [1.807, 2.05) is 17.0 Å². The zero-order chi connectivity index (χ0) is 17.1. The summed E-state index contributed by atoms with van der Waals surface area (Å²) in [5, 5.41) is 9.39. The van der Waals surface area contributed by atoms with E-state index in [2.05, 4.69) is 17.0 Å². The number of aliphatic hydroxyl groups excluding tert-OH is 1. The van der Waals surface area contributed by atoms with Crippen LogP contribution in [0.3, 0.4) is 0 Å². The SMILES string of the molecule is [B]=C(O)N1CCC(C2CCN(c3ccc(C(N)=S)cc3)CC2)CC1. The van der Waals surface area contributed by atoms with Crippen LogP contribution in [-0.2, 0) is 0 Å². The average Bonchev–Trinajstić information content (AvgIpc) is 2.62. The number of anilines is 1. The van der Waals surface area contributed by atoms with Crippen LogP contribution >= 0.6 is 12.2 Å². The Morgan fingerprint density at radius 2 is 1.50 bits per heavy atom. The van der Waals surface area contributed by atoms with E-state index in [0.29, 0.717) is 4.99 Å². The van der Waals surface area contributed by atoms with Crippen LogP contribution in [-0.4, -0.2) is 54.4 Å². The fraction of sp³-hybridized carbons (Fsp3) is 0.556. The van der Waals surface area contributed by atoms with Gasteiger partial charge in [-0.25, -0.2) is 0 Å². The fourth-order valence-electron chi connectivity index (χ4n) is 4.07. The molecule has 0 saturated carbocycles. The second-order valence-electron chi connectivity index (χ2n) is 6.92. The molecule has 2 aliphatic rings. The normalized spacial score (nSPS) is 20.1. The molecule has 1 aromatic rings. The van der Waals surface area contributed by atoms with Gasteiger partial charge >= 0.3 is 122 Å². The molecule has 0 aliphatic carbocycles. The summed E-state index contributed by atoms with van der Waals surface area (Å²) in [6.45, 7) is 3.97. The monoisotopic (exact) mass is 342 g/mol. The Labute approximate surface area is 150 Å². The van der Waals surface area contributed by atoms with Gasteiger partial charge in [-0.2, -0.15) is 0 Å². The molecule has 0 atom stereocenters. The van der Waals surface area contributed by atoms with Gasteiger partial charge in [0.1, 0.15) is 4.99 Å². The number of nitrogens with zero attached hydrogens (tertiary/aromatic N) is 2. The van der Waals surface area contributed by atoms with Crippen LogP contribution in [0.5, 0.6) is 0 Å². The zero-order valence-corrected chi connectivity index (χ0v) is 14.8. The number of aliphatic hydroxyl groups is 1. The molecule has 2 fully saturated rings. The number of nitrogens with two attached hydrogens (primary N) is 1. The van der Waals surface area contributed by atoms with Crippen LogP contribution in [0, 0.1) is 11.8 Å². The standard InChI is InChI=1S/C18H25BN3OS/c19-18(23)22-11-7-14(8-12-22)13-5-9-21(10-6-13)16-3-1-15(2-4-16)17(20)24/h1-4,13-14,23H,5-12H2,(H2,20,24). The van der Waals surface area contributed by atoms with Crippen molar-refractivity contribution in [2.75, 3.05) is 31.1 Å². The maximum atomic E-state index is 9.39. The van der Waals surface area contributed by atoms with Crippen LogP contribution < -0.4 is 10.6 Å². The van der Waals surface area contributed by atoms with Gasteiger partial charge in [-0.1, -0.05) is 12.2 Å². The van der Waals surface area contributed by atoms with Crippen LogP contribution in [0.15, 0.2) is 24.3 Å². The Morgan fingerprint density at radius 3 is 1.96 bits per heavy atom. The van der Waals surface area contributed by atoms with Crippen molar-refractivity contribution in [2.24, 2.45) is 17.6 Å². The van der Waals surface area contributed by atoms with Crippen LogP contribution in [0.4, 0.5) is 5.69 Å². The number of benzene rings is 1. The molecule has 6 heteroatoms. The number of rotatable bonds is 4.